The van der Waals surface area contributed by atoms with Gasteiger partial charge in [-0.05, 0) is 31.5 Å². The lowest BCUT2D eigenvalue weighted by atomic mass is 10.0. The number of hydrogen-bond acceptors (Lipinski definition) is 4. The normalized spacial score (nSPS) is 22.0. The summed E-state index contributed by atoms with van der Waals surface area (Å²) in [6, 6.07) is 6.57. The summed E-state index contributed by atoms with van der Waals surface area (Å²) >= 11 is 0. The first-order valence-corrected chi connectivity index (χ1v) is 7.01. The first kappa shape index (κ1) is 15.9. The Morgan fingerprint density at radius 1 is 1.52 bits per heavy atom. The second-order valence-corrected chi connectivity index (χ2v) is 6.05. The number of morpholine rings is 1. The van der Waals surface area contributed by atoms with Crippen LogP contribution in [0.2, 0.25) is 0 Å². The molecule has 0 aromatic heterocycles. The summed E-state index contributed by atoms with van der Waals surface area (Å²) in [6.45, 7) is 6.86. The van der Waals surface area contributed by atoms with Crippen LogP contribution in [-0.2, 0) is 16.0 Å². The van der Waals surface area contributed by atoms with Crippen molar-refractivity contribution >= 4 is 0 Å². The molecule has 1 heterocycles. The first-order chi connectivity index (χ1) is 9.93. The van der Waals surface area contributed by atoms with Crippen LogP contribution in [0.25, 0.3) is 0 Å². The molecule has 5 heteroatoms. The van der Waals surface area contributed by atoms with Crippen LogP contribution in [0, 0.1) is 17.1 Å². The molecule has 0 amide bonds. The van der Waals surface area contributed by atoms with E-state index in [1.807, 2.05) is 19.9 Å². The molecule has 1 aromatic carbocycles. The Kier molecular flexibility index (Phi) is 4.94. The van der Waals surface area contributed by atoms with Gasteiger partial charge < -0.3 is 9.47 Å². The lowest BCUT2D eigenvalue weighted by Crippen LogP contribution is -2.53. The molecule has 1 atom stereocenters. The molecule has 0 aliphatic carbocycles. The minimum absolute atomic E-state index is 0.0228. The Morgan fingerprint density at radius 3 is 2.95 bits per heavy atom. The summed E-state index contributed by atoms with van der Waals surface area (Å²) in [5.41, 5.74) is 0.773. The number of halogens is 1. The fourth-order valence-corrected chi connectivity index (χ4v) is 2.82. The molecule has 2 rings (SSSR count). The molecule has 0 radical (unpaired) electrons. The molecular weight excluding hydrogens is 271 g/mol. The van der Waals surface area contributed by atoms with E-state index in [1.54, 1.807) is 19.2 Å². The maximum absolute atomic E-state index is 13.4. The minimum atomic E-state index is -0.471. The molecule has 0 saturated carbocycles. The van der Waals surface area contributed by atoms with Crippen LogP contribution in [0.15, 0.2) is 18.2 Å². The van der Waals surface area contributed by atoms with Crippen molar-refractivity contribution in [1.82, 2.24) is 4.90 Å². The van der Waals surface area contributed by atoms with E-state index in [1.165, 1.54) is 6.07 Å². The predicted molar refractivity (Wildman–Crippen MR) is 77.2 cm³/mol. The van der Waals surface area contributed by atoms with E-state index < -0.39 is 5.82 Å². The third-order valence-corrected chi connectivity index (χ3v) is 3.46. The molecule has 1 saturated heterocycles. The molecule has 114 valence electrons. The Morgan fingerprint density at radius 2 is 2.29 bits per heavy atom. The number of nitrogens with zero attached hydrogens (tertiary/aromatic N) is 2. The Labute approximate surface area is 125 Å². The third kappa shape index (κ3) is 4.24. The SMILES string of the molecule is COC[C@H]1CN(Cc2ccc(F)c(C#N)c2)CC(C)(C)O1. The highest BCUT2D eigenvalue weighted by Crippen LogP contribution is 2.23. The smallest absolute Gasteiger partial charge is 0.140 e. The van der Waals surface area contributed by atoms with Gasteiger partial charge in [-0.15, -0.1) is 0 Å². The number of hydrogen-bond donors (Lipinski definition) is 0. The molecule has 21 heavy (non-hydrogen) atoms. The van der Waals surface area contributed by atoms with Gasteiger partial charge in [0.25, 0.3) is 0 Å². The fourth-order valence-electron chi connectivity index (χ4n) is 2.82. The Balaban J connectivity index is 2.09. The molecule has 1 aliphatic heterocycles. The minimum Gasteiger partial charge on any atom is -0.382 e. The van der Waals surface area contributed by atoms with Crippen molar-refractivity contribution in [3.63, 3.8) is 0 Å². The van der Waals surface area contributed by atoms with E-state index in [0.29, 0.717) is 13.2 Å². The monoisotopic (exact) mass is 292 g/mol. The van der Waals surface area contributed by atoms with Gasteiger partial charge in [0.2, 0.25) is 0 Å². The van der Waals surface area contributed by atoms with E-state index in [0.717, 1.165) is 18.7 Å². The highest BCUT2D eigenvalue weighted by Gasteiger charge is 2.33. The van der Waals surface area contributed by atoms with Crippen molar-refractivity contribution in [2.75, 3.05) is 26.8 Å². The average molecular weight is 292 g/mol. The first-order valence-electron chi connectivity index (χ1n) is 7.01. The highest BCUT2D eigenvalue weighted by molar-refractivity contribution is 5.34. The fraction of sp³-hybridized carbons (Fsp3) is 0.562. The molecule has 0 bridgehead atoms. The van der Waals surface area contributed by atoms with Gasteiger partial charge >= 0.3 is 0 Å². The Hall–Kier alpha value is -1.48. The van der Waals surface area contributed by atoms with Crippen molar-refractivity contribution in [3.8, 4) is 6.07 Å². The summed E-state index contributed by atoms with van der Waals surface area (Å²) in [7, 11) is 1.66. The molecule has 1 fully saturated rings. The van der Waals surface area contributed by atoms with E-state index in [4.69, 9.17) is 14.7 Å². The number of rotatable bonds is 4. The van der Waals surface area contributed by atoms with Crippen molar-refractivity contribution < 1.29 is 13.9 Å². The second-order valence-electron chi connectivity index (χ2n) is 6.05. The zero-order chi connectivity index (χ0) is 15.5. The van der Waals surface area contributed by atoms with Crippen LogP contribution in [0.3, 0.4) is 0 Å². The third-order valence-electron chi connectivity index (χ3n) is 3.46. The van der Waals surface area contributed by atoms with Gasteiger partial charge in [0, 0.05) is 26.7 Å². The van der Waals surface area contributed by atoms with E-state index in [9.17, 15) is 4.39 Å². The highest BCUT2D eigenvalue weighted by atomic mass is 19.1. The maximum Gasteiger partial charge on any atom is 0.140 e. The molecule has 1 aromatic rings. The number of ether oxygens (including phenoxy) is 2. The van der Waals surface area contributed by atoms with Crippen LogP contribution in [0.1, 0.15) is 25.0 Å². The summed E-state index contributed by atoms with van der Waals surface area (Å²) in [4.78, 5) is 2.25. The molecule has 0 spiro atoms. The standard InChI is InChI=1S/C16H21FN2O2/c1-16(2)11-19(9-14(21-16)10-20-3)8-12-4-5-15(17)13(6-12)7-18/h4-6,14H,8-11H2,1-3H3/t14-/m1/s1. The van der Waals surface area contributed by atoms with Crippen LogP contribution < -0.4 is 0 Å². The largest absolute Gasteiger partial charge is 0.382 e. The van der Waals surface area contributed by atoms with Gasteiger partial charge in [0.15, 0.2) is 0 Å². The average Bonchev–Trinajstić information content (AvgIpc) is 2.39. The zero-order valence-electron chi connectivity index (χ0n) is 12.7. The summed E-state index contributed by atoms with van der Waals surface area (Å²) in [5.74, 6) is -0.471. The van der Waals surface area contributed by atoms with Gasteiger partial charge in [-0.3, -0.25) is 4.90 Å². The van der Waals surface area contributed by atoms with Crippen LogP contribution in [0.4, 0.5) is 4.39 Å². The predicted octanol–water partition coefficient (Wildman–Crippen LogP) is 2.32. The van der Waals surface area contributed by atoms with Crippen molar-refractivity contribution in [2.24, 2.45) is 0 Å². The summed E-state index contributed by atoms with van der Waals surface area (Å²) in [6.07, 6.45) is 0.0228. The lowest BCUT2D eigenvalue weighted by molar-refractivity contribution is -0.154. The van der Waals surface area contributed by atoms with Gasteiger partial charge in [-0.2, -0.15) is 5.26 Å². The molecule has 1 aliphatic rings. The lowest BCUT2D eigenvalue weighted by Gasteiger charge is -2.42. The number of benzene rings is 1. The quantitative estimate of drug-likeness (QED) is 0.854. The summed E-state index contributed by atoms with van der Waals surface area (Å²) < 4.78 is 24.5. The Bertz CT molecular complexity index is 540. The van der Waals surface area contributed by atoms with Crippen molar-refractivity contribution in [1.29, 1.82) is 5.26 Å². The van der Waals surface area contributed by atoms with Gasteiger partial charge in [0.1, 0.15) is 11.9 Å². The zero-order valence-corrected chi connectivity index (χ0v) is 12.7. The van der Waals surface area contributed by atoms with Crippen LogP contribution in [0.5, 0.6) is 0 Å². The van der Waals surface area contributed by atoms with Crippen LogP contribution >= 0.6 is 0 Å². The van der Waals surface area contributed by atoms with Gasteiger partial charge in [0.05, 0.1) is 23.9 Å². The molecule has 0 unspecified atom stereocenters. The van der Waals surface area contributed by atoms with E-state index >= 15 is 0 Å². The maximum atomic E-state index is 13.4. The second kappa shape index (κ2) is 6.52. The van der Waals surface area contributed by atoms with E-state index in [2.05, 4.69) is 4.90 Å². The topological polar surface area (TPSA) is 45.5 Å². The summed E-state index contributed by atoms with van der Waals surface area (Å²) in [5, 5.41) is 8.90. The van der Waals surface area contributed by atoms with Crippen molar-refractivity contribution in [2.45, 2.75) is 32.1 Å². The van der Waals surface area contributed by atoms with E-state index in [-0.39, 0.29) is 17.3 Å². The number of nitriles is 1. The molecule has 4 nitrogen and oxygen atoms in total. The van der Waals surface area contributed by atoms with Crippen LogP contribution in [-0.4, -0.2) is 43.4 Å². The van der Waals surface area contributed by atoms with Gasteiger partial charge in [-0.1, -0.05) is 6.07 Å². The van der Waals surface area contributed by atoms with Gasteiger partial charge in [-0.25, -0.2) is 4.39 Å². The number of methoxy groups -OCH3 is 1. The molecule has 0 N–H and O–H groups in total. The molecular formula is C16H21FN2O2. The van der Waals surface area contributed by atoms with Crippen molar-refractivity contribution in [3.05, 3.63) is 35.1 Å².